The monoisotopic (exact) mass is 498 g/mol. The molecule has 1 amide bonds. The second-order valence-electron chi connectivity index (χ2n) is 9.95. The highest BCUT2D eigenvalue weighted by atomic mass is 19.4. The number of piperazine rings is 1. The van der Waals surface area contributed by atoms with E-state index in [9.17, 15) is 18.0 Å². The van der Waals surface area contributed by atoms with Crippen molar-refractivity contribution < 1.29 is 32.2 Å². The van der Waals surface area contributed by atoms with E-state index in [-0.39, 0.29) is 30.4 Å². The van der Waals surface area contributed by atoms with Crippen molar-refractivity contribution in [1.29, 1.82) is 0 Å². The number of rotatable bonds is 5. The molecule has 1 aliphatic carbocycles. The van der Waals surface area contributed by atoms with Gasteiger partial charge in [0.05, 0.1) is 17.6 Å². The number of alkyl halides is 3. The molecule has 1 saturated carbocycles. The molecular formula is C24H33F3N4O4. The fourth-order valence-corrected chi connectivity index (χ4v) is 6.13. The van der Waals surface area contributed by atoms with Gasteiger partial charge < -0.3 is 29.3 Å². The van der Waals surface area contributed by atoms with E-state index in [2.05, 4.69) is 10.3 Å². The van der Waals surface area contributed by atoms with Crippen LogP contribution in [0.3, 0.4) is 0 Å². The van der Waals surface area contributed by atoms with Gasteiger partial charge in [-0.2, -0.15) is 13.2 Å². The second-order valence-corrected chi connectivity index (χ2v) is 9.95. The summed E-state index contributed by atoms with van der Waals surface area (Å²) in [6, 6.07) is 4.17. The molecule has 11 heteroatoms. The van der Waals surface area contributed by atoms with Gasteiger partial charge in [-0.25, -0.2) is 4.98 Å². The van der Waals surface area contributed by atoms with E-state index in [0.29, 0.717) is 58.1 Å². The topological polar surface area (TPSA) is 76.2 Å². The van der Waals surface area contributed by atoms with E-state index in [4.69, 9.17) is 14.2 Å². The maximum absolute atomic E-state index is 13.8. The quantitative estimate of drug-likeness (QED) is 0.668. The predicted molar refractivity (Wildman–Crippen MR) is 121 cm³/mol. The second kappa shape index (κ2) is 9.84. The molecule has 3 saturated heterocycles. The summed E-state index contributed by atoms with van der Waals surface area (Å²) in [5.41, 5.74) is -1.45. The third-order valence-electron chi connectivity index (χ3n) is 7.89. The van der Waals surface area contributed by atoms with Crippen molar-refractivity contribution in [2.45, 2.75) is 62.8 Å². The lowest BCUT2D eigenvalue weighted by Gasteiger charge is -2.40. The minimum Gasteiger partial charge on any atom is -0.377 e. The standard InChI is InChI=1S/C24H33F3N4O4/c1-33-21-17(4-3-12-35-21)28-16-14-19-23(15-16,7-13-34-19)22(32)31-10-8-30(9-11-31)20-6-2-5-18(29-20)24(25,26)27/h2,5-6,16-17,19,21,28H,3-4,7-15H2,1H3/t16-,17+,19-,21-,23-/m1/s1. The van der Waals surface area contributed by atoms with Gasteiger partial charge in [0.25, 0.3) is 0 Å². The fourth-order valence-electron chi connectivity index (χ4n) is 6.13. The summed E-state index contributed by atoms with van der Waals surface area (Å²) in [6.07, 6.45) is -0.781. The van der Waals surface area contributed by atoms with Crippen LogP contribution in [0.1, 0.15) is 37.8 Å². The lowest BCUT2D eigenvalue weighted by atomic mass is 9.80. The van der Waals surface area contributed by atoms with Crippen molar-refractivity contribution in [2.24, 2.45) is 5.41 Å². The summed E-state index contributed by atoms with van der Waals surface area (Å²) in [7, 11) is 1.65. The van der Waals surface area contributed by atoms with E-state index in [1.807, 2.05) is 9.80 Å². The molecule has 3 aliphatic heterocycles. The highest BCUT2D eigenvalue weighted by Gasteiger charge is 2.58. The van der Waals surface area contributed by atoms with Crippen LogP contribution in [-0.2, 0) is 25.2 Å². The lowest BCUT2D eigenvalue weighted by molar-refractivity contribution is -0.164. The number of nitrogens with zero attached hydrogens (tertiary/aromatic N) is 3. The Kier molecular flexibility index (Phi) is 6.95. The van der Waals surface area contributed by atoms with Crippen LogP contribution in [0.2, 0.25) is 0 Å². The summed E-state index contributed by atoms with van der Waals surface area (Å²) >= 11 is 0. The number of ether oxygens (including phenoxy) is 3. The molecule has 8 nitrogen and oxygen atoms in total. The number of carbonyl (C=O) groups excluding carboxylic acids is 1. The Morgan fingerprint density at radius 1 is 1.20 bits per heavy atom. The summed E-state index contributed by atoms with van der Waals surface area (Å²) in [4.78, 5) is 21.2. The predicted octanol–water partition coefficient (Wildman–Crippen LogP) is 2.43. The van der Waals surface area contributed by atoms with Crippen molar-refractivity contribution in [3.05, 3.63) is 23.9 Å². The number of hydrogen-bond acceptors (Lipinski definition) is 7. The molecule has 0 bridgehead atoms. The number of hydrogen-bond donors (Lipinski definition) is 1. The number of fused-ring (bicyclic) bond motifs is 1. The first-order chi connectivity index (χ1) is 16.8. The first-order valence-corrected chi connectivity index (χ1v) is 12.4. The molecule has 0 radical (unpaired) electrons. The van der Waals surface area contributed by atoms with Crippen molar-refractivity contribution in [2.75, 3.05) is 51.4 Å². The molecule has 4 heterocycles. The van der Waals surface area contributed by atoms with Crippen LogP contribution < -0.4 is 10.2 Å². The largest absolute Gasteiger partial charge is 0.433 e. The number of methoxy groups -OCH3 is 1. The highest BCUT2D eigenvalue weighted by Crippen LogP contribution is 2.49. The third kappa shape index (κ3) is 4.87. The zero-order valence-electron chi connectivity index (χ0n) is 19.9. The van der Waals surface area contributed by atoms with E-state index in [0.717, 1.165) is 25.3 Å². The molecule has 194 valence electrons. The van der Waals surface area contributed by atoms with Crippen molar-refractivity contribution in [3.8, 4) is 0 Å². The van der Waals surface area contributed by atoms with Gasteiger partial charge in [-0.3, -0.25) is 4.79 Å². The van der Waals surface area contributed by atoms with Gasteiger partial charge in [-0.05, 0) is 44.2 Å². The number of anilines is 1. The Morgan fingerprint density at radius 2 is 2.00 bits per heavy atom. The number of halogens is 3. The van der Waals surface area contributed by atoms with Gasteiger partial charge in [0.1, 0.15) is 11.5 Å². The number of carbonyl (C=O) groups is 1. The molecule has 0 aromatic carbocycles. The lowest BCUT2D eigenvalue weighted by Crippen LogP contribution is -2.54. The Labute approximate surface area is 203 Å². The minimum atomic E-state index is -4.48. The van der Waals surface area contributed by atoms with Gasteiger partial charge in [0.2, 0.25) is 5.91 Å². The molecule has 0 spiro atoms. The Hall–Kier alpha value is -1.95. The zero-order valence-corrected chi connectivity index (χ0v) is 19.9. The van der Waals surface area contributed by atoms with Gasteiger partial charge in [0.15, 0.2) is 6.29 Å². The van der Waals surface area contributed by atoms with Crippen molar-refractivity contribution in [3.63, 3.8) is 0 Å². The molecule has 35 heavy (non-hydrogen) atoms. The molecule has 5 atom stereocenters. The number of pyridine rings is 1. The number of aromatic nitrogens is 1. The van der Waals surface area contributed by atoms with Gasteiger partial charge in [-0.1, -0.05) is 6.07 Å². The zero-order chi connectivity index (χ0) is 24.6. The molecular weight excluding hydrogens is 465 g/mol. The first kappa shape index (κ1) is 24.7. The van der Waals surface area contributed by atoms with E-state index in [1.165, 1.54) is 6.07 Å². The number of nitrogens with one attached hydrogen (secondary N) is 1. The summed E-state index contributed by atoms with van der Waals surface area (Å²) in [5, 5.41) is 3.67. The summed E-state index contributed by atoms with van der Waals surface area (Å²) in [5.74, 6) is 0.392. The fraction of sp³-hybridized carbons (Fsp3) is 0.750. The molecule has 0 unspecified atom stereocenters. The first-order valence-electron chi connectivity index (χ1n) is 12.4. The van der Waals surface area contributed by atoms with Crippen LogP contribution in [-0.4, -0.2) is 86.8 Å². The third-order valence-corrected chi connectivity index (χ3v) is 7.89. The average Bonchev–Trinajstić information content (AvgIpc) is 3.41. The van der Waals surface area contributed by atoms with Crippen molar-refractivity contribution in [1.82, 2.24) is 15.2 Å². The average molecular weight is 499 g/mol. The molecule has 4 fully saturated rings. The minimum absolute atomic E-state index is 0.0910. The van der Waals surface area contributed by atoms with Crippen LogP contribution in [0.4, 0.5) is 19.0 Å². The van der Waals surface area contributed by atoms with Gasteiger partial charge in [-0.15, -0.1) is 0 Å². The Bertz CT molecular complexity index is 911. The van der Waals surface area contributed by atoms with Gasteiger partial charge in [0, 0.05) is 52.5 Å². The molecule has 1 aromatic heterocycles. The Morgan fingerprint density at radius 3 is 2.74 bits per heavy atom. The van der Waals surface area contributed by atoms with Gasteiger partial charge >= 0.3 is 6.18 Å². The van der Waals surface area contributed by atoms with E-state index < -0.39 is 17.3 Å². The van der Waals surface area contributed by atoms with Crippen molar-refractivity contribution >= 4 is 11.7 Å². The van der Waals surface area contributed by atoms with Crippen LogP contribution in [0.5, 0.6) is 0 Å². The van der Waals surface area contributed by atoms with Crippen LogP contribution in [0.25, 0.3) is 0 Å². The summed E-state index contributed by atoms with van der Waals surface area (Å²) < 4.78 is 56.4. The highest BCUT2D eigenvalue weighted by molar-refractivity contribution is 5.84. The molecule has 1 N–H and O–H groups in total. The van der Waals surface area contributed by atoms with Crippen LogP contribution >= 0.6 is 0 Å². The normalized spacial score (nSPS) is 33.7. The SMILES string of the molecule is CO[C@@H]1OCCC[C@@H]1N[C@@H]1C[C@H]2OCC[C@@]2(C(=O)N2CCN(c3cccc(C(F)(F)F)n3)CC2)C1. The maximum Gasteiger partial charge on any atom is 0.433 e. The van der Waals surface area contributed by atoms with E-state index in [1.54, 1.807) is 13.2 Å². The van der Waals surface area contributed by atoms with E-state index >= 15 is 0 Å². The molecule has 4 aliphatic rings. The number of amides is 1. The Balaban J connectivity index is 1.22. The smallest absolute Gasteiger partial charge is 0.377 e. The van der Waals surface area contributed by atoms with Crippen LogP contribution in [0.15, 0.2) is 18.2 Å². The maximum atomic E-state index is 13.8. The van der Waals surface area contributed by atoms with Crippen LogP contribution in [0, 0.1) is 5.41 Å². The summed E-state index contributed by atoms with van der Waals surface area (Å²) in [6.45, 7) is 3.05. The molecule has 1 aromatic rings. The molecule has 5 rings (SSSR count).